The van der Waals surface area contributed by atoms with Crippen molar-refractivity contribution in [2.24, 2.45) is 0 Å². The Kier molecular flexibility index (Phi) is 6.28. The van der Waals surface area contributed by atoms with Crippen LogP contribution in [0.2, 0.25) is 0 Å². The molecule has 5 aromatic carbocycles. The second-order valence-electron chi connectivity index (χ2n) is 9.90. The summed E-state index contributed by atoms with van der Waals surface area (Å²) in [6, 6.07) is 39.8. The first-order valence-corrected chi connectivity index (χ1v) is 13.6. The number of aromatic nitrogens is 1. The maximum atomic E-state index is 12.1. The molecule has 0 radical (unpaired) electrons. The number of fused-ring (bicyclic) bond motifs is 3. The molecule has 0 unspecified atom stereocenters. The van der Waals surface area contributed by atoms with E-state index >= 15 is 0 Å². The molecule has 0 N–H and O–H groups in total. The smallest absolute Gasteiger partial charge is 0.337 e. The van der Waals surface area contributed by atoms with Gasteiger partial charge in [-0.15, -0.1) is 0 Å². The summed E-state index contributed by atoms with van der Waals surface area (Å²) < 4.78 is 16.6. The predicted octanol–water partition coefficient (Wildman–Crippen LogP) is 8.94. The summed E-state index contributed by atoms with van der Waals surface area (Å²) in [5.74, 6) is 1.97. The summed E-state index contributed by atoms with van der Waals surface area (Å²) in [6.07, 6.45) is 0. The summed E-state index contributed by atoms with van der Waals surface area (Å²) in [5, 5.41) is 1.01. The van der Waals surface area contributed by atoms with Gasteiger partial charge < -0.3 is 19.1 Å². The van der Waals surface area contributed by atoms with Gasteiger partial charge in [0.2, 0.25) is 0 Å². The van der Waals surface area contributed by atoms with E-state index in [0.717, 1.165) is 67.6 Å². The van der Waals surface area contributed by atoms with Gasteiger partial charge in [-0.25, -0.2) is 9.78 Å². The number of carbonyl (C=O) groups excluding carboxylic acids is 1. The van der Waals surface area contributed by atoms with Crippen LogP contribution < -0.4 is 14.4 Å². The fraction of sp³-hybridized carbons (Fsp3) is 0.0556. The molecule has 0 fully saturated rings. The van der Waals surface area contributed by atoms with E-state index in [-0.39, 0.29) is 5.97 Å². The van der Waals surface area contributed by atoms with Crippen molar-refractivity contribution >= 4 is 33.9 Å². The molecule has 6 nitrogen and oxygen atoms in total. The molecule has 6 aromatic rings. The molecule has 2 heterocycles. The van der Waals surface area contributed by atoms with Crippen LogP contribution in [0.4, 0.5) is 17.1 Å². The van der Waals surface area contributed by atoms with Crippen molar-refractivity contribution in [2.45, 2.75) is 0 Å². The summed E-state index contributed by atoms with van der Waals surface area (Å²) >= 11 is 0. The monoisotopic (exact) mass is 550 g/mol. The van der Waals surface area contributed by atoms with E-state index in [2.05, 4.69) is 53.4 Å². The number of nitrogens with zero attached hydrogens (tertiary/aromatic N) is 2. The topological polar surface area (TPSA) is 60.9 Å². The molecule has 7 rings (SSSR count). The highest BCUT2D eigenvalue weighted by Gasteiger charge is 2.27. The minimum Gasteiger partial charge on any atom is -0.497 e. The van der Waals surface area contributed by atoms with Crippen molar-refractivity contribution in [3.05, 3.63) is 127 Å². The van der Waals surface area contributed by atoms with E-state index in [1.165, 1.54) is 7.11 Å². The van der Waals surface area contributed by atoms with Gasteiger partial charge in [0.05, 0.1) is 48.1 Å². The first-order chi connectivity index (χ1) is 20.6. The average molecular weight is 551 g/mol. The van der Waals surface area contributed by atoms with E-state index < -0.39 is 0 Å². The maximum absolute atomic E-state index is 12.1. The zero-order valence-electron chi connectivity index (χ0n) is 23.1. The number of hydrogen-bond acceptors (Lipinski definition) is 6. The Morgan fingerprint density at radius 2 is 1.31 bits per heavy atom. The van der Waals surface area contributed by atoms with Gasteiger partial charge in [0.15, 0.2) is 11.5 Å². The summed E-state index contributed by atoms with van der Waals surface area (Å²) in [4.78, 5) is 19.6. The lowest BCUT2D eigenvalue weighted by Crippen LogP contribution is -2.16. The van der Waals surface area contributed by atoms with Crippen molar-refractivity contribution in [1.29, 1.82) is 0 Å². The number of benzene rings is 5. The fourth-order valence-corrected chi connectivity index (χ4v) is 5.43. The summed E-state index contributed by atoms with van der Waals surface area (Å²) in [5.41, 5.74) is 7.86. The molecule has 1 aromatic heterocycles. The highest BCUT2D eigenvalue weighted by molar-refractivity contribution is 6.06. The zero-order valence-corrected chi connectivity index (χ0v) is 23.1. The first-order valence-electron chi connectivity index (χ1n) is 13.6. The van der Waals surface area contributed by atoms with Gasteiger partial charge in [-0.05, 0) is 71.8 Å². The third-order valence-electron chi connectivity index (χ3n) is 7.49. The van der Waals surface area contributed by atoms with E-state index in [0.29, 0.717) is 5.56 Å². The maximum Gasteiger partial charge on any atom is 0.337 e. The molecule has 0 saturated heterocycles. The van der Waals surface area contributed by atoms with E-state index in [4.69, 9.17) is 19.2 Å². The van der Waals surface area contributed by atoms with Crippen LogP contribution in [0.5, 0.6) is 17.2 Å². The van der Waals surface area contributed by atoms with Gasteiger partial charge in [0, 0.05) is 10.9 Å². The Morgan fingerprint density at radius 3 is 1.95 bits per heavy atom. The number of methoxy groups -OCH3 is 2. The minimum atomic E-state index is -0.376. The zero-order chi connectivity index (χ0) is 28.6. The third kappa shape index (κ3) is 4.30. The number of hydrogen-bond donors (Lipinski definition) is 0. The van der Waals surface area contributed by atoms with Crippen molar-refractivity contribution in [2.75, 3.05) is 19.1 Å². The quantitative estimate of drug-likeness (QED) is 0.199. The van der Waals surface area contributed by atoms with E-state index in [9.17, 15) is 4.79 Å². The number of pyridine rings is 1. The van der Waals surface area contributed by atoms with Crippen LogP contribution in [-0.2, 0) is 4.74 Å². The SMILES string of the molecule is COC(=O)c1ccc(-c2cc(-c3ccc(OC)cc3)c3cccc(N4c5ccccc5Oc5ccccc54)c3n2)cc1. The number of rotatable bonds is 5. The molecule has 0 saturated carbocycles. The first kappa shape index (κ1) is 25.4. The Morgan fingerprint density at radius 1 is 0.690 bits per heavy atom. The second kappa shape index (κ2) is 10.4. The molecule has 0 aliphatic carbocycles. The number of esters is 1. The van der Waals surface area contributed by atoms with Crippen LogP contribution in [0.1, 0.15) is 10.4 Å². The van der Waals surface area contributed by atoms with Crippen molar-refractivity contribution in [3.8, 4) is 39.6 Å². The van der Waals surface area contributed by atoms with E-state index in [1.807, 2.05) is 60.7 Å². The summed E-state index contributed by atoms with van der Waals surface area (Å²) in [7, 11) is 3.04. The lowest BCUT2D eigenvalue weighted by Gasteiger charge is -2.33. The number of ether oxygens (including phenoxy) is 3. The van der Waals surface area contributed by atoms with Crippen molar-refractivity contribution < 1.29 is 19.0 Å². The average Bonchev–Trinajstić information content (AvgIpc) is 3.06. The van der Waals surface area contributed by atoms with Crippen LogP contribution in [0.15, 0.2) is 121 Å². The Bertz CT molecular complexity index is 1900. The number of anilines is 3. The molecular weight excluding hydrogens is 524 g/mol. The van der Waals surface area contributed by atoms with Crippen LogP contribution >= 0.6 is 0 Å². The lowest BCUT2D eigenvalue weighted by molar-refractivity contribution is 0.0600. The van der Waals surface area contributed by atoms with Crippen LogP contribution in [0.25, 0.3) is 33.3 Å². The predicted molar refractivity (Wildman–Crippen MR) is 165 cm³/mol. The fourth-order valence-electron chi connectivity index (χ4n) is 5.43. The number of para-hydroxylation sites is 5. The second-order valence-corrected chi connectivity index (χ2v) is 9.90. The molecule has 6 heteroatoms. The molecule has 1 aliphatic rings. The molecule has 1 aliphatic heterocycles. The normalized spacial score (nSPS) is 11.8. The van der Waals surface area contributed by atoms with Gasteiger partial charge >= 0.3 is 5.97 Å². The van der Waals surface area contributed by atoms with Gasteiger partial charge in [0.25, 0.3) is 0 Å². The van der Waals surface area contributed by atoms with E-state index in [1.54, 1.807) is 19.2 Å². The molecule has 204 valence electrons. The highest BCUT2D eigenvalue weighted by Crippen LogP contribution is 2.51. The van der Waals surface area contributed by atoms with Gasteiger partial charge in [-0.2, -0.15) is 0 Å². The van der Waals surface area contributed by atoms with Gasteiger partial charge in [-0.3, -0.25) is 0 Å². The standard InChI is InChI=1S/C36H26N2O4/c1-40-26-20-18-23(19-21-26)28-22-29(24-14-16-25(17-15-24)36(39)41-2)37-35-27(28)8-7-11-32(35)38-30-9-3-5-12-33(30)42-34-13-6-4-10-31(34)38/h3-22H,1-2H3. The molecule has 0 amide bonds. The van der Waals surface area contributed by atoms with Gasteiger partial charge in [0.1, 0.15) is 5.75 Å². The summed E-state index contributed by atoms with van der Waals surface area (Å²) in [6.45, 7) is 0. The van der Waals surface area contributed by atoms with Crippen LogP contribution in [0, 0.1) is 0 Å². The Hall–Kier alpha value is -5.62. The van der Waals surface area contributed by atoms with Gasteiger partial charge in [-0.1, -0.05) is 60.7 Å². The Balaban J connectivity index is 1.49. The third-order valence-corrected chi connectivity index (χ3v) is 7.49. The lowest BCUT2D eigenvalue weighted by atomic mass is 9.96. The Labute approximate surface area is 243 Å². The van der Waals surface area contributed by atoms with Crippen LogP contribution in [-0.4, -0.2) is 25.2 Å². The molecule has 42 heavy (non-hydrogen) atoms. The molecule has 0 bridgehead atoms. The molecule has 0 spiro atoms. The molecule has 0 atom stereocenters. The largest absolute Gasteiger partial charge is 0.497 e. The van der Waals surface area contributed by atoms with Crippen LogP contribution in [0.3, 0.4) is 0 Å². The number of carbonyl (C=O) groups is 1. The molecular formula is C36H26N2O4. The minimum absolute atomic E-state index is 0.376. The highest BCUT2D eigenvalue weighted by atomic mass is 16.5. The van der Waals surface area contributed by atoms with Crippen molar-refractivity contribution in [3.63, 3.8) is 0 Å². The van der Waals surface area contributed by atoms with Crippen molar-refractivity contribution in [1.82, 2.24) is 4.98 Å².